The second-order valence-electron chi connectivity index (χ2n) is 6.13. The van der Waals surface area contributed by atoms with Crippen LogP contribution in [-0.2, 0) is 14.2 Å². The predicted octanol–water partition coefficient (Wildman–Crippen LogP) is 2.31. The highest BCUT2D eigenvalue weighted by molar-refractivity contribution is 4.99. The minimum absolute atomic E-state index is 0.130. The fraction of sp³-hybridized carbons (Fsp3) is 1.00. The lowest BCUT2D eigenvalue weighted by molar-refractivity contribution is -0.165. The van der Waals surface area contributed by atoms with E-state index in [1.54, 1.807) is 0 Å². The lowest BCUT2D eigenvalue weighted by Gasteiger charge is -2.34. The van der Waals surface area contributed by atoms with Crippen LogP contribution in [0.3, 0.4) is 0 Å². The first-order valence-corrected chi connectivity index (χ1v) is 6.92. The first-order chi connectivity index (χ1) is 8.23. The van der Waals surface area contributed by atoms with Crippen LogP contribution in [-0.4, -0.2) is 36.7 Å². The summed E-state index contributed by atoms with van der Waals surface area (Å²) in [5.41, 5.74) is 5.99. The zero-order chi connectivity index (χ0) is 14.0. The molecule has 1 rings (SSSR count). The van der Waals surface area contributed by atoms with Crippen molar-refractivity contribution < 1.29 is 14.2 Å². The fourth-order valence-electron chi connectivity index (χ4n) is 2.99. The lowest BCUT2D eigenvalue weighted by atomic mass is 9.81. The smallest absolute Gasteiger partial charge is 0.172 e. The Bertz CT molecular complexity index is 260. The van der Waals surface area contributed by atoms with Gasteiger partial charge in [0.15, 0.2) is 6.29 Å². The van der Waals surface area contributed by atoms with Crippen molar-refractivity contribution in [2.75, 3.05) is 13.2 Å². The number of hydrogen-bond acceptors (Lipinski definition) is 4. The molecule has 2 atom stereocenters. The van der Waals surface area contributed by atoms with Gasteiger partial charge in [0.2, 0.25) is 0 Å². The Kier molecular flexibility index (Phi) is 5.18. The first-order valence-electron chi connectivity index (χ1n) is 6.92. The van der Waals surface area contributed by atoms with E-state index in [0.717, 1.165) is 6.42 Å². The van der Waals surface area contributed by atoms with E-state index in [4.69, 9.17) is 19.9 Å². The third-order valence-electron chi connectivity index (χ3n) is 3.58. The van der Waals surface area contributed by atoms with Gasteiger partial charge in [-0.25, -0.2) is 0 Å². The Morgan fingerprint density at radius 3 is 2.00 bits per heavy atom. The van der Waals surface area contributed by atoms with Crippen molar-refractivity contribution in [3.63, 3.8) is 0 Å². The van der Waals surface area contributed by atoms with Gasteiger partial charge >= 0.3 is 0 Å². The van der Waals surface area contributed by atoms with Gasteiger partial charge in [-0.05, 0) is 48.0 Å². The summed E-state index contributed by atoms with van der Waals surface area (Å²) in [4.78, 5) is 0. The molecule has 18 heavy (non-hydrogen) atoms. The Morgan fingerprint density at radius 2 is 1.67 bits per heavy atom. The van der Waals surface area contributed by atoms with E-state index < -0.39 is 0 Å². The van der Waals surface area contributed by atoms with Gasteiger partial charge in [0.05, 0.1) is 17.2 Å². The van der Waals surface area contributed by atoms with Crippen LogP contribution in [0, 0.1) is 5.92 Å². The molecule has 1 aliphatic rings. The molecule has 1 saturated heterocycles. The number of ether oxygens (including phenoxy) is 3. The molecule has 0 amide bonds. The maximum absolute atomic E-state index is 6.36. The molecule has 0 aromatic heterocycles. The molecule has 1 fully saturated rings. The van der Waals surface area contributed by atoms with Crippen molar-refractivity contribution in [2.24, 2.45) is 11.7 Å². The Balaban J connectivity index is 2.77. The third kappa shape index (κ3) is 3.67. The maximum Gasteiger partial charge on any atom is 0.172 e. The van der Waals surface area contributed by atoms with Crippen molar-refractivity contribution in [3.05, 3.63) is 0 Å². The van der Waals surface area contributed by atoms with E-state index in [1.165, 1.54) is 0 Å². The molecule has 108 valence electrons. The van der Waals surface area contributed by atoms with E-state index in [1.807, 2.05) is 13.8 Å². The molecule has 2 unspecified atom stereocenters. The topological polar surface area (TPSA) is 53.7 Å². The quantitative estimate of drug-likeness (QED) is 0.744. The standard InChI is InChI=1S/C14H29NO3/c1-7-16-12(17-8-2)11(15)10-9-13(3,4)18-14(10,5)6/h10-12H,7-9,15H2,1-6H3. The van der Waals surface area contributed by atoms with Crippen molar-refractivity contribution in [3.8, 4) is 0 Å². The first kappa shape index (κ1) is 15.9. The average molecular weight is 259 g/mol. The van der Waals surface area contributed by atoms with Crippen LogP contribution in [0.15, 0.2) is 0 Å². The zero-order valence-corrected chi connectivity index (χ0v) is 12.7. The summed E-state index contributed by atoms with van der Waals surface area (Å²) in [7, 11) is 0. The Morgan fingerprint density at radius 1 is 1.17 bits per heavy atom. The van der Waals surface area contributed by atoms with Crippen molar-refractivity contribution in [1.29, 1.82) is 0 Å². The second-order valence-corrected chi connectivity index (χ2v) is 6.13. The molecule has 4 nitrogen and oxygen atoms in total. The monoisotopic (exact) mass is 259 g/mol. The van der Waals surface area contributed by atoms with E-state index in [-0.39, 0.29) is 29.5 Å². The second kappa shape index (κ2) is 5.87. The zero-order valence-electron chi connectivity index (χ0n) is 12.7. The van der Waals surface area contributed by atoms with Crippen LogP contribution in [0.4, 0.5) is 0 Å². The van der Waals surface area contributed by atoms with E-state index in [2.05, 4.69) is 27.7 Å². The van der Waals surface area contributed by atoms with Crippen LogP contribution in [0.5, 0.6) is 0 Å². The molecule has 4 heteroatoms. The SMILES string of the molecule is CCOC(OCC)C(N)C1CC(C)(C)OC1(C)C. The van der Waals surface area contributed by atoms with Crippen LogP contribution < -0.4 is 5.73 Å². The third-order valence-corrected chi connectivity index (χ3v) is 3.58. The largest absolute Gasteiger partial charge is 0.369 e. The number of rotatable bonds is 6. The maximum atomic E-state index is 6.36. The summed E-state index contributed by atoms with van der Waals surface area (Å²) in [6, 6.07) is -0.165. The lowest BCUT2D eigenvalue weighted by Crippen LogP contribution is -2.50. The van der Waals surface area contributed by atoms with Gasteiger partial charge < -0.3 is 19.9 Å². The molecule has 0 radical (unpaired) electrons. The van der Waals surface area contributed by atoms with Crippen LogP contribution in [0.1, 0.15) is 48.0 Å². The molecule has 1 aliphatic heterocycles. The minimum Gasteiger partial charge on any atom is -0.369 e. The molecule has 0 aromatic carbocycles. The van der Waals surface area contributed by atoms with Crippen LogP contribution >= 0.6 is 0 Å². The molecule has 0 aliphatic carbocycles. The van der Waals surface area contributed by atoms with E-state index in [0.29, 0.717) is 13.2 Å². The van der Waals surface area contributed by atoms with Crippen LogP contribution in [0.25, 0.3) is 0 Å². The van der Waals surface area contributed by atoms with Gasteiger partial charge in [-0.1, -0.05) is 0 Å². The van der Waals surface area contributed by atoms with E-state index in [9.17, 15) is 0 Å². The van der Waals surface area contributed by atoms with Gasteiger partial charge in [-0.15, -0.1) is 0 Å². The molecular formula is C14H29NO3. The molecule has 0 aromatic rings. The van der Waals surface area contributed by atoms with Crippen LogP contribution in [0.2, 0.25) is 0 Å². The van der Waals surface area contributed by atoms with Gasteiger partial charge in [0.1, 0.15) is 0 Å². The van der Waals surface area contributed by atoms with Gasteiger partial charge in [-0.3, -0.25) is 0 Å². The highest BCUT2D eigenvalue weighted by atomic mass is 16.7. The summed E-state index contributed by atoms with van der Waals surface area (Å²) in [5, 5.41) is 0. The molecular weight excluding hydrogens is 230 g/mol. The summed E-state index contributed by atoms with van der Waals surface area (Å²) < 4.78 is 17.3. The fourth-order valence-corrected chi connectivity index (χ4v) is 2.99. The summed E-state index contributed by atoms with van der Waals surface area (Å²) in [6.07, 6.45) is 0.583. The van der Waals surface area contributed by atoms with E-state index >= 15 is 0 Å². The normalized spacial score (nSPS) is 27.7. The van der Waals surface area contributed by atoms with Gasteiger partial charge in [0, 0.05) is 19.1 Å². The van der Waals surface area contributed by atoms with Crippen molar-refractivity contribution >= 4 is 0 Å². The molecule has 2 N–H and O–H groups in total. The molecule has 0 bridgehead atoms. The molecule has 0 spiro atoms. The summed E-state index contributed by atoms with van der Waals surface area (Å²) in [5.74, 6) is 0.232. The Hall–Kier alpha value is -0.160. The van der Waals surface area contributed by atoms with Gasteiger partial charge in [0.25, 0.3) is 0 Å². The summed E-state index contributed by atoms with van der Waals surface area (Å²) >= 11 is 0. The van der Waals surface area contributed by atoms with Crippen molar-refractivity contribution in [2.45, 2.75) is 71.5 Å². The highest BCUT2D eigenvalue weighted by Crippen LogP contribution is 2.43. The average Bonchev–Trinajstić information content (AvgIpc) is 2.45. The predicted molar refractivity (Wildman–Crippen MR) is 72.4 cm³/mol. The number of hydrogen-bond donors (Lipinski definition) is 1. The Labute approximate surface area is 111 Å². The van der Waals surface area contributed by atoms with Gasteiger partial charge in [-0.2, -0.15) is 0 Å². The number of nitrogens with two attached hydrogens (primary N) is 1. The highest BCUT2D eigenvalue weighted by Gasteiger charge is 2.50. The molecule has 1 heterocycles. The molecule has 0 saturated carbocycles. The van der Waals surface area contributed by atoms with Crippen molar-refractivity contribution in [1.82, 2.24) is 0 Å². The minimum atomic E-state index is -0.346. The summed E-state index contributed by atoms with van der Waals surface area (Å²) in [6.45, 7) is 13.5.